The molecule has 1 heterocycles. The Kier molecular flexibility index (Phi) is 2.84. The van der Waals surface area contributed by atoms with E-state index in [2.05, 4.69) is 0 Å². The van der Waals surface area contributed by atoms with E-state index in [0.717, 1.165) is 15.4 Å². The van der Waals surface area contributed by atoms with Gasteiger partial charge in [-0.1, -0.05) is 6.07 Å². The van der Waals surface area contributed by atoms with Crippen LogP contribution in [0.2, 0.25) is 0 Å². The molecule has 0 radical (unpaired) electrons. The minimum Gasteiger partial charge on any atom is -0.464 e. The molecule has 0 atom stereocenters. The van der Waals surface area contributed by atoms with Crippen LogP contribution in [0.4, 0.5) is 10.5 Å². The van der Waals surface area contributed by atoms with Gasteiger partial charge in [0.05, 0.1) is 11.4 Å². The standard InChI is InChI=1S/C10H10N2O3S/c11-4-6-1-2-8-7(3-6)12(10(14)15)9(13)5-16-8/h1-3H,4-5,11H2,(H,14,15). The highest BCUT2D eigenvalue weighted by atomic mass is 32.2. The van der Waals surface area contributed by atoms with E-state index < -0.39 is 12.0 Å². The second-order valence-electron chi connectivity index (χ2n) is 3.31. The van der Waals surface area contributed by atoms with Crippen molar-refractivity contribution in [3.8, 4) is 0 Å². The quantitative estimate of drug-likeness (QED) is 0.769. The highest BCUT2D eigenvalue weighted by molar-refractivity contribution is 8.00. The molecular weight excluding hydrogens is 228 g/mol. The number of imide groups is 1. The van der Waals surface area contributed by atoms with Gasteiger partial charge in [0.1, 0.15) is 0 Å². The SMILES string of the molecule is NCc1ccc2c(c1)N(C(=O)O)C(=O)CS2. The van der Waals surface area contributed by atoms with E-state index in [1.165, 1.54) is 11.8 Å². The molecule has 1 aliphatic heterocycles. The molecule has 6 heteroatoms. The Bertz CT molecular complexity index is 461. The van der Waals surface area contributed by atoms with Crippen LogP contribution in [0.1, 0.15) is 5.56 Å². The molecular formula is C10H10N2O3S. The van der Waals surface area contributed by atoms with Crippen molar-refractivity contribution in [1.82, 2.24) is 0 Å². The third-order valence-corrected chi connectivity index (χ3v) is 3.34. The predicted molar refractivity (Wildman–Crippen MR) is 60.6 cm³/mol. The maximum atomic E-state index is 11.5. The van der Waals surface area contributed by atoms with Crippen molar-refractivity contribution in [2.75, 3.05) is 10.7 Å². The van der Waals surface area contributed by atoms with Crippen LogP contribution in [0.15, 0.2) is 23.1 Å². The molecule has 0 spiro atoms. The van der Waals surface area contributed by atoms with E-state index in [4.69, 9.17) is 10.8 Å². The zero-order valence-electron chi connectivity index (χ0n) is 8.34. The van der Waals surface area contributed by atoms with Crippen molar-refractivity contribution in [2.24, 2.45) is 5.73 Å². The Hall–Kier alpha value is -1.53. The van der Waals surface area contributed by atoms with Gasteiger partial charge in [-0.15, -0.1) is 11.8 Å². The summed E-state index contributed by atoms with van der Waals surface area (Å²) in [6, 6.07) is 5.28. The number of nitrogens with zero attached hydrogens (tertiary/aromatic N) is 1. The smallest absolute Gasteiger partial charge is 0.418 e. The Morgan fingerprint density at radius 2 is 2.31 bits per heavy atom. The molecule has 0 unspecified atom stereocenters. The molecule has 0 aliphatic carbocycles. The number of thioether (sulfide) groups is 1. The van der Waals surface area contributed by atoms with Gasteiger partial charge in [0.15, 0.2) is 0 Å². The van der Waals surface area contributed by atoms with E-state index >= 15 is 0 Å². The molecule has 16 heavy (non-hydrogen) atoms. The summed E-state index contributed by atoms with van der Waals surface area (Å²) in [5.74, 6) is -0.263. The summed E-state index contributed by atoms with van der Waals surface area (Å²) in [7, 11) is 0. The Balaban J connectivity index is 2.52. The fourth-order valence-corrected chi connectivity index (χ4v) is 2.41. The van der Waals surface area contributed by atoms with E-state index in [0.29, 0.717) is 12.2 Å². The summed E-state index contributed by atoms with van der Waals surface area (Å²) in [6.07, 6.45) is -1.25. The fourth-order valence-electron chi connectivity index (χ4n) is 1.53. The zero-order valence-corrected chi connectivity index (χ0v) is 9.16. The monoisotopic (exact) mass is 238 g/mol. The van der Waals surface area contributed by atoms with E-state index in [-0.39, 0.29) is 5.75 Å². The minimum atomic E-state index is -1.25. The summed E-state index contributed by atoms with van der Waals surface area (Å²) in [4.78, 5) is 24.1. The highest BCUT2D eigenvalue weighted by Crippen LogP contribution is 2.35. The van der Waals surface area contributed by atoms with Crippen LogP contribution in [-0.4, -0.2) is 22.9 Å². The lowest BCUT2D eigenvalue weighted by atomic mass is 10.2. The molecule has 2 amide bonds. The number of hydrogen-bond donors (Lipinski definition) is 2. The number of anilines is 1. The summed E-state index contributed by atoms with van der Waals surface area (Å²) >= 11 is 1.34. The van der Waals surface area contributed by atoms with E-state index in [1.807, 2.05) is 6.07 Å². The number of carbonyl (C=O) groups is 2. The molecule has 0 bridgehead atoms. The van der Waals surface area contributed by atoms with Gasteiger partial charge in [-0.2, -0.15) is 0 Å². The van der Waals surface area contributed by atoms with Crippen LogP contribution in [0.25, 0.3) is 0 Å². The second kappa shape index (κ2) is 4.15. The van der Waals surface area contributed by atoms with Crippen LogP contribution in [0.3, 0.4) is 0 Å². The first-order valence-corrected chi connectivity index (χ1v) is 5.63. The van der Waals surface area contributed by atoms with Gasteiger partial charge in [-0.3, -0.25) is 4.79 Å². The molecule has 1 aromatic rings. The summed E-state index contributed by atoms with van der Waals surface area (Å²) in [5.41, 5.74) is 6.70. The number of carboxylic acid groups (broad SMARTS) is 1. The summed E-state index contributed by atoms with van der Waals surface area (Å²) < 4.78 is 0. The number of carbonyl (C=O) groups excluding carboxylic acids is 1. The molecule has 0 saturated heterocycles. The van der Waals surface area contributed by atoms with Crippen molar-refractivity contribution in [2.45, 2.75) is 11.4 Å². The molecule has 3 N–H and O–H groups in total. The summed E-state index contributed by atoms with van der Waals surface area (Å²) in [6.45, 7) is 0.319. The van der Waals surface area contributed by atoms with Crippen molar-refractivity contribution in [3.63, 3.8) is 0 Å². The van der Waals surface area contributed by atoms with E-state index in [1.54, 1.807) is 12.1 Å². The molecule has 0 fully saturated rings. The van der Waals surface area contributed by atoms with Crippen LogP contribution in [0.5, 0.6) is 0 Å². The Morgan fingerprint density at radius 1 is 1.56 bits per heavy atom. The van der Waals surface area contributed by atoms with Crippen LogP contribution >= 0.6 is 11.8 Å². The molecule has 1 aliphatic rings. The molecule has 2 rings (SSSR count). The van der Waals surface area contributed by atoms with Crippen molar-refractivity contribution in [3.05, 3.63) is 23.8 Å². The maximum absolute atomic E-state index is 11.5. The number of nitrogens with two attached hydrogens (primary N) is 1. The average molecular weight is 238 g/mol. The average Bonchev–Trinajstić information content (AvgIpc) is 2.27. The summed E-state index contributed by atoms with van der Waals surface area (Å²) in [5, 5.41) is 8.98. The predicted octanol–water partition coefficient (Wildman–Crippen LogP) is 1.26. The largest absolute Gasteiger partial charge is 0.464 e. The molecule has 5 nitrogen and oxygen atoms in total. The van der Waals surface area contributed by atoms with Crippen LogP contribution < -0.4 is 10.6 Å². The first-order chi connectivity index (χ1) is 7.63. The number of amides is 2. The molecule has 0 aromatic heterocycles. The number of benzene rings is 1. The Morgan fingerprint density at radius 3 is 2.94 bits per heavy atom. The third kappa shape index (κ3) is 1.77. The van der Waals surface area contributed by atoms with Gasteiger partial charge in [-0.25, -0.2) is 9.69 Å². The first-order valence-electron chi connectivity index (χ1n) is 4.65. The van der Waals surface area contributed by atoms with Gasteiger partial charge in [-0.05, 0) is 17.7 Å². The Labute approximate surface area is 96.2 Å². The number of fused-ring (bicyclic) bond motifs is 1. The van der Waals surface area contributed by atoms with Crippen molar-refractivity contribution >= 4 is 29.4 Å². The molecule has 84 valence electrons. The van der Waals surface area contributed by atoms with Gasteiger partial charge in [0, 0.05) is 11.4 Å². The lowest BCUT2D eigenvalue weighted by Crippen LogP contribution is -2.39. The topological polar surface area (TPSA) is 83.6 Å². The van der Waals surface area contributed by atoms with Gasteiger partial charge in [0.2, 0.25) is 5.91 Å². The third-order valence-electron chi connectivity index (χ3n) is 2.29. The highest BCUT2D eigenvalue weighted by Gasteiger charge is 2.29. The van der Waals surface area contributed by atoms with Gasteiger partial charge >= 0.3 is 6.09 Å². The maximum Gasteiger partial charge on any atom is 0.418 e. The van der Waals surface area contributed by atoms with E-state index in [9.17, 15) is 9.59 Å². The zero-order chi connectivity index (χ0) is 11.7. The number of hydrogen-bond acceptors (Lipinski definition) is 4. The number of rotatable bonds is 1. The van der Waals surface area contributed by atoms with Gasteiger partial charge in [0.25, 0.3) is 0 Å². The van der Waals surface area contributed by atoms with Crippen LogP contribution in [0, 0.1) is 0 Å². The van der Waals surface area contributed by atoms with Crippen molar-refractivity contribution in [1.29, 1.82) is 0 Å². The minimum absolute atomic E-state index is 0.154. The molecule has 0 saturated carbocycles. The normalized spacial score (nSPS) is 14.8. The fraction of sp³-hybridized carbons (Fsp3) is 0.200. The van der Waals surface area contributed by atoms with Crippen molar-refractivity contribution < 1.29 is 14.7 Å². The van der Waals surface area contributed by atoms with Gasteiger partial charge < -0.3 is 10.8 Å². The lowest BCUT2D eigenvalue weighted by molar-refractivity contribution is -0.115. The lowest BCUT2D eigenvalue weighted by Gasteiger charge is -2.25. The molecule has 1 aromatic carbocycles. The first kappa shape index (κ1) is 11.0. The van der Waals surface area contributed by atoms with Crippen LogP contribution in [-0.2, 0) is 11.3 Å². The second-order valence-corrected chi connectivity index (χ2v) is 4.32.